The molecule has 0 saturated heterocycles. The van der Waals surface area contributed by atoms with Crippen molar-refractivity contribution in [2.75, 3.05) is 0 Å². The third kappa shape index (κ3) is 4.06. The van der Waals surface area contributed by atoms with Gasteiger partial charge in [0.05, 0.1) is 10.9 Å². The van der Waals surface area contributed by atoms with Gasteiger partial charge in [-0.2, -0.15) is 5.10 Å². The van der Waals surface area contributed by atoms with Gasteiger partial charge in [-0.25, -0.2) is 0 Å². The van der Waals surface area contributed by atoms with Crippen LogP contribution in [0.25, 0.3) is 10.9 Å². The summed E-state index contributed by atoms with van der Waals surface area (Å²) < 4.78 is 0. The van der Waals surface area contributed by atoms with Crippen LogP contribution in [0.2, 0.25) is 0 Å². The molecular formula is C21H26N2O. The lowest BCUT2D eigenvalue weighted by molar-refractivity contribution is 0.357. The van der Waals surface area contributed by atoms with Crippen LogP contribution in [0, 0.1) is 23.2 Å². The molecule has 0 spiro atoms. The maximum absolute atomic E-state index is 12.6. The minimum Gasteiger partial charge on any atom is -0.286 e. The topological polar surface area (TPSA) is 45.8 Å². The average molecular weight is 322 g/mol. The summed E-state index contributed by atoms with van der Waals surface area (Å²) >= 11 is 0. The Morgan fingerprint density at radius 3 is 2.67 bits per heavy atom. The van der Waals surface area contributed by atoms with E-state index in [4.69, 9.17) is 0 Å². The third-order valence-electron chi connectivity index (χ3n) is 4.64. The number of fused-ring (bicyclic) bond motifs is 1. The van der Waals surface area contributed by atoms with Crippen LogP contribution in [-0.2, 0) is 6.42 Å². The molecule has 1 aromatic heterocycles. The molecule has 1 aliphatic rings. The van der Waals surface area contributed by atoms with E-state index in [2.05, 4.69) is 34.2 Å². The fourth-order valence-electron chi connectivity index (χ4n) is 3.36. The molecule has 0 amide bonds. The lowest BCUT2D eigenvalue weighted by Gasteiger charge is -2.21. The standard InChI is InChI=1S/C21H26N2O/c1-21(2,3)12-11-18-20(24)17-10-9-16(14-19(17)23-22-18)13-15-7-5-4-6-8-15/h9-10,14-15H,4-8,13H2,1-3H3,(H,23,24). The van der Waals surface area contributed by atoms with Gasteiger partial charge in [-0.15, -0.1) is 0 Å². The zero-order chi connectivity index (χ0) is 17.2. The SMILES string of the molecule is CC(C)(C)C#Cc1n[nH]c2cc(CC3CCCCC3)ccc2c1=O. The van der Waals surface area contributed by atoms with Crippen LogP contribution in [-0.4, -0.2) is 10.2 Å². The zero-order valence-corrected chi connectivity index (χ0v) is 14.9. The van der Waals surface area contributed by atoms with Gasteiger partial charge in [-0.3, -0.25) is 9.89 Å². The highest BCUT2D eigenvalue weighted by Crippen LogP contribution is 2.27. The van der Waals surface area contributed by atoms with Gasteiger partial charge in [-0.1, -0.05) is 44.1 Å². The molecule has 3 nitrogen and oxygen atoms in total. The van der Waals surface area contributed by atoms with Crippen molar-refractivity contribution in [1.82, 2.24) is 10.2 Å². The highest BCUT2D eigenvalue weighted by molar-refractivity contribution is 5.79. The number of rotatable bonds is 2. The first kappa shape index (κ1) is 16.8. The van der Waals surface area contributed by atoms with E-state index in [-0.39, 0.29) is 10.8 Å². The number of aromatic amines is 1. The summed E-state index contributed by atoms with van der Waals surface area (Å²) in [6.07, 6.45) is 7.84. The average Bonchev–Trinajstić information content (AvgIpc) is 2.54. The van der Waals surface area contributed by atoms with Crippen molar-refractivity contribution in [3.8, 4) is 11.8 Å². The first-order chi connectivity index (χ1) is 11.4. The van der Waals surface area contributed by atoms with Crippen LogP contribution in [0.15, 0.2) is 23.0 Å². The molecule has 3 heteroatoms. The van der Waals surface area contributed by atoms with E-state index in [0.717, 1.165) is 17.9 Å². The van der Waals surface area contributed by atoms with Gasteiger partial charge in [0.2, 0.25) is 5.43 Å². The molecule has 0 unspecified atom stereocenters. The molecule has 1 N–H and O–H groups in total. The van der Waals surface area contributed by atoms with Crippen LogP contribution in [0.4, 0.5) is 0 Å². The summed E-state index contributed by atoms with van der Waals surface area (Å²) in [7, 11) is 0. The minimum atomic E-state index is -0.146. The highest BCUT2D eigenvalue weighted by atomic mass is 16.1. The summed E-state index contributed by atoms with van der Waals surface area (Å²) in [5.74, 6) is 6.78. The number of H-pyrrole nitrogens is 1. The Hall–Kier alpha value is -2.08. The van der Waals surface area contributed by atoms with Crippen LogP contribution in [0.1, 0.15) is 64.1 Å². The van der Waals surface area contributed by atoms with Gasteiger partial charge in [0.25, 0.3) is 0 Å². The molecule has 24 heavy (non-hydrogen) atoms. The van der Waals surface area contributed by atoms with Gasteiger partial charge in [0.15, 0.2) is 5.69 Å². The van der Waals surface area contributed by atoms with E-state index in [0.29, 0.717) is 11.1 Å². The van der Waals surface area contributed by atoms with Crippen molar-refractivity contribution < 1.29 is 0 Å². The highest BCUT2D eigenvalue weighted by Gasteiger charge is 2.14. The molecule has 2 aromatic rings. The summed E-state index contributed by atoms with van der Waals surface area (Å²) in [5.41, 5.74) is 2.18. The van der Waals surface area contributed by atoms with E-state index >= 15 is 0 Å². The largest absolute Gasteiger partial charge is 0.286 e. The summed E-state index contributed by atoms with van der Waals surface area (Å²) in [5, 5.41) is 7.88. The number of hydrogen-bond acceptors (Lipinski definition) is 2. The number of nitrogens with zero attached hydrogens (tertiary/aromatic N) is 1. The minimum absolute atomic E-state index is 0.0790. The molecular weight excluding hydrogens is 296 g/mol. The van der Waals surface area contributed by atoms with Crippen LogP contribution >= 0.6 is 0 Å². The summed E-state index contributed by atoms with van der Waals surface area (Å²) in [6, 6.07) is 6.10. The van der Waals surface area contributed by atoms with Crippen molar-refractivity contribution in [3.05, 3.63) is 39.7 Å². The maximum Gasteiger partial charge on any atom is 0.223 e. The normalized spacial score (nSPS) is 16.0. The van der Waals surface area contributed by atoms with E-state index in [9.17, 15) is 4.79 Å². The molecule has 1 fully saturated rings. The van der Waals surface area contributed by atoms with E-state index in [1.54, 1.807) is 0 Å². The summed E-state index contributed by atoms with van der Waals surface area (Å²) in [6.45, 7) is 6.06. The maximum atomic E-state index is 12.6. The molecule has 0 aliphatic heterocycles. The van der Waals surface area contributed by atoms with Crippen molar-refractivity contribution >= 4 is 10.9 Å². The first-order valence-electron chi connectivity index (χ1n) is 8.97. The molecule has 0 atom stereocenters. The van der Waals surface area contributed by atoms with Gasteiger partial charge in [0.1, 0.15) is 0 Å². The van der Waals surface area contributed by atoms with Gasteiger partial charge in [-0.05, 0) is 56.7 Å². The quantitative estimate of drug-likeness (QED) is 0.831. The first-order valence-corrected chi connectivity index (χ1v) is 8.97. The van der Waals surface area contributed by atoms with Crippen molar-refractivity contribution in [3.63, 3.8) is 0 Å². The molecule has 1 aliphatic carbocycles. The van der Waals surface area contributed by atoms with Crippen LogP contribution < -0.4 is 5.43 Å². The van der Waals surface area contributed by atoms with E-state index in [1.807, 2.05) is 26.8 Å². The second-order valence-electron chi connectivity index (χ2n) is 7.99. The van der Waals surface area contributed by atoms with Crippen molar-refractivity contribution in [1.29, 1.82) is 0 Å². The fraction of sp³-hybridized carbons (Fsp3) is 0.524. The predicted molar refractivity (Wildman–Crippen MR) is 99.0 cm³/mol. The Labute approximate surface area is 143 Å². The van der Waals surface area contributed by atoms with Crippen molar-refractivity contribution in [2.24, 2.45) is 11.3 Å². The second-order valence-corrected chi connectivity index (χ2v) is 7.99. The third-order valence-corrected chi connectivity index (χ3v) is 4.64. The lowest BCUT2D eigenvalue weighted by Crippen LogP contribution is -2.13. The van der Waals surface area contributed by atoms with Crippen LogP contribution in [0.3, 0.4) is 0 Å². The lowest BCUT2D eigenvalue weighted by atomic mass is 9.85. The Morgan fingerprint density at radius 2 is 1.96 bits per heavy atom. The molecule has 3 rings (SSSR count). The van der Waals surface area contributed by atoms with Crippen molar-refractivity contribution in [2.45, 2.75) is 59.3 Å². The van der Waals surface area contributed by atoms with Crippen LogP contribution in [0.5, 0.6) is 0 Å². The number of hydrogen-bond donors (Lipinski definition) is 1. The second kappa shape index (κ2) is 6.81. The smallest absolute Gasteiger partial charge is 0.223 e. The van der Waals surface area contributed by atoms with E-state index < -0.39 is 0 Å². The Kier molecular flexibility index (Phi) is 4.76. The molecule has 1 saturated carbocycles. The molecule has 0 bridgehead atoms. The zero-order valence-electron chi connectivity index (χ0n) is 14.9. The molecule has 1 aromatic carbocycles. The molecule has 0 radical (unpaired) electrons. The van der Waals surface area contributed by atoms with E-state index in [1.165, 1.54) is 37.7 Å². The Bertz CT molecular complexity index is 840. The van der Waals surface area contributed by atoms with Gasteiger partial charge >= 0.3 is 0 Å². The number of nitrogens with one attached hydrogen (secondary N) is 1. The van der Waals surface area contributed by atoms with Gasteiger partial charge in [0, 0.05) is 5.41 Å². The molecule has 126 valence electrons. The Morgan fingerprint density at radius 1 is 1.21 bits per heavy atom. The molecule has 1 heterocycles. The fourth-order valence-corrected chi connectivity index (χ4v) is 3.36. The number of aromatic nitrogens is 2. The van der Waals surface area contributed by atoms with Gasteiger partial charge < -0.3 is 0 Å². The predicted octanol–water partition coefficient (Wildman–Crippen LogP) is 4.44. The summed E-state index contributed by atoms with van der Waals surface area (Å²) in [4.78, 5) is 12.6. The monoisotopic (exact) mass is 322 g/mol. The Balaban J connectivity index is 1.88. The number of benzene rings is 1.